The highest BCUT2D eigenvalue weighted by molar-refractivity contribution is 9.10. The monoisotopic (exact) mass is 304 g/mol. The average Bonchev–Trinajstić information content (AvgIpc) is 2.21. The Balaban J connectivity index is 2.74. The molecule has 0 aliphatic carbocycles. The van der Waals surface area contributed by atoms with E-state index < -0.39 is 12.2 Å². The Labute approximate surface area is 110 Å². The van der Waals surface area contributed by atoms with Crippen LogP contribution >= 0.6 is 15.9 Å². The first-order valence-electron chi connectivity index (χ1n) is 5.52. The van der Waals surface area contributed by atoms with E-state index in [-0.39, 0.29) is 11.2 Å². The molecule has 0 spiro atoms. The molecule has 2 atom stereocenters. The van der Waals surface area contributed by atoms with E-state index in [1.165, 1.54) is 6.07 Å². The van der Waals surface area contributed by atoms with Crippen LogP contribution in [-0.2, 0) is 6.42 Å². The number of aliphatic hydroxyl groups excluding tert-OH is 2. The van der Waals surface area contributed by atoms with Gasteiger partial charge in [0.15, 0.2) is 0 Å². The first-order chi connectivity index (χ1) is 7.71. The van der Waals surface area contributed by atoms with E-state index in [9.17, 15) is 14.6 Å². The van der Waals surface area contributed by atoms with Crippen molar-refractivity contribution in [1.29, 1.82) is 0 Å². The summed E-state index contributed by atoms with van der Waals surface area (Å²) >= 11 is 3.09. The van der Waals surface area contributed by atoms with E-state index in [0.29, 0.717) is 10.9 Å². The molecule has 2 unspecified atom stereocenters. The Morgan fingerprint density at radius 1 is 1.29 bits per heavy atom. The van der Waals surface area contributed by atoms with E-state index in [4.69, 9.17) is 0 Å². The Morgan fingerprint density at radius 3 is 2.35 bits per heavy atom. The zero-order valence-corrected chi connectivity index (χ0v) is 11.8. The van der Waals surface area contributed by atoms with Gasteiger partial charge < -0.3 is 10.2 Å². The minimum Gasteiger partial charge on any atom is -0.390 e. The predicted molar refractivity (Wildman–Crippen MR) is 69.3 cm³/mol. The number of hydrogen-bond acceptors (Lipinski definition) is 2. The van der Waals surface area contributed by atoms with Gasteiger partial charge in [0.05, 0.1) is 16.7 Å². The Bertz CT molecular complexity index is 387. The molecule has 0 saturated carbocycles. The molecule has 0 radical (unpaired) electrons. The SMILES string of the molecule is CC(C)(C)C(O)C(O)Cc1ccc(F)c(Br)c1. The van der Waals surface area contributed by atoms with E-state index in [2.05, 4.69) is 15.9 Å². The summed E-state index contributed by atoms with van der Waals surface area (Å²) in [5, 5.41) is 19.8. The number of rotatable bonds is 3. The van der Waals surface area contributed by atoms with Crippen molar-refractivity contribution in [1.82, 2.24) is 0 Å². The first-order valence-corrected chi connectivity index (χ1v) is 6.31. The van der Waals surface area contributed by atoms with Crippen molar-refractivity contribution in [2.45, 2.75) is 39.4 Å². The van der Waals surface area contributed by atoms with E-state index in [1.807, 2.05) is 20.8 Å². The maximum atomic E-state index is 13.0. The van der Waals surface area contributed by atoms with Crippen LogP contribution in [0.2, 0.25) is 0 Å². The lowest BCUT2D eigenvalue weighted by Gasteiger charge is -2.30. The van der Waals surface area contributed by atoms with Crippen LogP contribution in [0.1, 0.15) is 26.3 Å². The molecule has 1 aromatic carbocycles. The van der Waals surface area contributed by atoms with Gasteiger partial charge >= 0.3 is 0 Å². The van der Waals surface area contributed by atoms with Gasteiger partial charge in [-0.15, -0.1) is 0 Å². The quantitative estimate of drug-likeness (QED) is 0.901. The molecule has 17 heavy (non-hydrogen) atoms. The Morgan fingerprint density at radius 2 is 1.88 bits per heavy atom. The molecule has 0 fully saturated rings. The average molecular weight is 305 g/mol. The summed E-state index contributed by atoms with van der Waals surface area (Å²) in [7, 11) is 0. The van der Waals surface area contributed by atoms with Crippen LogP contribution in [0.15, 0.2) is 22.7 Å². The van der Waals surface area contributed by atoms with Crippen molar-refractivity contribution in [3.63, 3.8) is 0 Å². The van der Waals surface area contributed by atoms with Gasteiger partial charge in [-0.3, -0.25) is 0 Å². The highest BCUT2D eigenvalue weighted by Gasteiger charge is 2.29. The van der Waals surface area contributed by atoms with Crippen molar-refractivity contribution in [2.24, 2.45) is 5.41 Å². The Hall–Kier alpha value is -0.450. The lowest BCUT2D eigenvalue weighted by atomic mass is 9.84. The molecule has 4 heteroatoms. The van der Waals surface area contributed by atoms with Crippen LogP contribution in [0, 0.1) is 11.2 Å². The molecule has 0 bridgehead atoms. The van der Waals surface area contributed by atoms with E-state index >= 15 is 0 Å². The summed E-state index contributed by atoms with van der Waals surface area (Å²) in [5.74, 6) is -0.334. The van der Waals surface area contributed by atoms with Crippen LogP contribution in [0.25, 0.3) is 0 Å². The van der Waals surface area contributed by atoms with Gasteiger partial charge in [0.25, 0.3) is 0 Å². The van der Waals surface area contributed by atoms with Gasteiger partial charge in [-0.1, -0.05) is 26.8 Å². The first kappa shape index (κ1) is 14.6. The van der Waals surface area contributed by atoms with Crippen molar-refractivity contribution in [3.05, 3.63) is 34.1 Å². The fourth-order valence-electron chi connectivity index (χ4n) is 1.60. The summed E-state index contributed by atoms with van der Waals surface area (Å²) < 4.78 is 13.4. The summed E-state index contributed by atoms with van der Waals surface area (Å²) in [4.78, 5) is 0. The van der Waals surface area contributed by atoms with Crippen molar-refractivity contribution < 1.29 is 14.6 Å². The van der Waals surface area contributed by atoms with Gasteiger partial charge in [0, 0.05) is 6.42 Å². The smallest absolute Gasteiger partial charge is 0.137 e. The molecule has 96 valence electrons. The van der Waals surface area contributed by atoms with Gasteiger partial charge in [-0.05, 0) is 39.0 Å². The normalized spacial score (nSPS) is 15.7. The van der Waals surface area contributed by atoms with Crippen LogP contribution in [0.4, 0.5) is 4.39 Å². The molecule has 0 aliphatic heterocycles. The molecule has 0 heterocycles. The number of benzene rings is 1. The standard InChI is InChI=1S/C13H18BrFO2/c1-13(2,3)12(17)11(16)7-8-4-5-10(15)9(14)6-8/h4-6,11-12,16-17H,7H2,1-3H3. The van der Waals surface area contributed by atoms with Crippen LogP contribution in [0.3, 0.4) is 0 Å². The molecule has 2 nitrogen and oxygen atoms in total. The van der Waals surface area contributed by atoms with Crippen LogP contribution in [0.5, 0.6) is 0 Å². The fraction of sp³-hybridized carbons (Fsp3) is 0.538. The molecule has 0 aromatic heterocycles. The van der Waals surface area contributed by atoms with Crippen molar-refractivity contribution in [2.75, 3.05) is 0 Å². The topological polar surface area (TPSA) is 40.5 Å². The zero-order valence-electron chi connectivity index (χ0n) is 10.2. The van der Waals surface area contributed by atoms with Crippen LogP contribution < -0.4 is 0 Å². The highest BCUT2D eigenvalue weighted by atomic mass is 79.9. The third-order valence-electron chi connectivity index (χ3n) is 2.68. The van der Waals surface area contributed by atoms with E-state index in [1.54, 1.807) is 12.1 Å². The summed E-state index contributed by atoms with van der Waals surface area (Å²) in [5.41, 5.74) is 0.408. The lowest BCUT2D eigenvalue weighted by Crippen LogP contribution is -2.38. The van der Waals surface area contributed by atoms with Gasteiger partial charge in [0.2, 0.25) is 0 Å². The third kappa shape index (κ3) is 4.05. The third-order valence-corrected chi connectivity index (χ3v) is 3.29. The minimum absolute atomic E-state index is 0.303. The predicted octanol–water partition coefficient (Wildman–Crippen LogP) is 2.90. The van der Waals surface area contributed by atoms with E-state index in [0.717, 1.165) is 5.56 Å². The maximum Gasteiger partial charge on any atom is 0.137 e. The largest absolute Gasteiger partial charge is 0.390 e. The van der Waals surface area contributed by atoms with Gasteiger partial charge in [-0.25, -0.2) is 4.39 Å². The maximum absolute atomic E-state index is 13.0. The second kappa shape index (κ2) is 5.46. The van der Waals surface area contributed by atoms with Crippen molar-refractivity contribution in [3.8, 4) is 0 Å². The molecule has 0 saturated heterocycles. The van der Waals surface area contributed by atoms with Gasteiger partial charge in [0.1, 0.15) is 5.82 Å². The molecule has 1 rings (SSSR count). The number of halogens is 2. The van der Waals surface area contributed by atoms with Crippen LogP contribution in [-0.4, -0.2) is 22.4 Å². The number of aliphatic hydroxyl groups is 2. The molecule has 1 aromatic rings. The fourth-order valence-corrected chi connectivity index (χ4v) is 2.02. The zero-order chi connectivity index (χ0) is 13.2. The molecular formula is C13H18BrFO2. The Kier molecular flexibility index (Phi) is 4.69. The lowest BCUT2D eigenvalue weighted by molar-refractivity contribution is -0.0434. The second-order valence-electron chi connectivity index (χ2n) is 5.33. The number of hydrogen-bond donors (Lipinski definition) is 2. The summed E-state index contributed by atoms with van der Waals surface area (Å²) in [6, 6.07) is 4.57. The molecular weight excluding hydrogens is 287 g/mol. The summed E-state index contributed by atoms with van der Waals surface area (Å²) in [6.07, 6.45) is -1.36. The van der Waals surface area contributed by atoms with Crippen molar-refractivity contribution >= 4 is 15.9 Å². The summed E-state index contributed by atoms with van der Waals surface area (Å²) in [6.45, 7) is 5.59. The molecule has 0 amide bonds. The van der Waals surface area contributed by atoms with Gasteiger partial charge in [-0.2, -0.15) is 0 Å². The molecule has 2 N–H and O–H groups in total. The second-order valence-corrected chi connectivity index (χ2v) is 6.19. The molecule has 0 aliphatic rings. The minimum atomic E-state index is -0.854. The highest BCUT2D eigenvalue weighted by Crippen LogP contribution is 2.24.